The van der Waals surface area contributed by atoms with E-state index in [2.05, 4.69) is 4.98 Å². The number of benzene rings is 1. The van der Waals surface area contributed by atoms with E-state index in [4.69, 9.17) is 11.6 Å². The van der Waals surface area contributed by atoms with Crippen molar-refractivity contribution in [2.24, 2.45) is 0 Å². The summed E-state index contributed by atoms with van der Waals surface area (Å²) in [5.74, 6) is 0. The molecule has 94 valence electrons. The van der Waals surface area contributed by atoms with Crippen molar-refractivity contribution >= 4 is 11.6 Å². The molecule has 2 aromatic rings. The Morgan fingerprint density at radius 2 is 1.72 bits per heavy atom. The number of aromatic nitrogens is 1. The molecule has 0 amide bonds. The van der Waals surface area contributed by atoms with Crippen LogP contribution >= 0.6 is 11.6 Å². The van der Waals surface area contributed by atoms with E-state index in [-0.39, 0.29) is 10.6 Å². The molecule has 0 saturated heterocycles. The van der Waals surface area contributed by atoms with Crippen LogP contribution in [0.3, 0.4) is 0 Å². The van der Waals surface area contributed by atoms with Crippen LogP contribution in [0.1, 0.15) is 5.56 Å². The molecule has 6 heteroatoms. The average molecular weight is 274 g/mol. The number of pyridine rings is 1. The largest absolute Gasteiger partial charge is 0.417 e. The summed E-state index contributed by atoms with van der Waals surface area (Å²) >= 11 is 5.52. The third-order valence-corrected chi connectivity index (χ3v) is 2.72. The predicted octanol–water partition coefficient (Wildman–Crippen LogP) is 3.71. The van der Waals surface area contributed by atoms with Crippen LogP contribution in [0.15, 0.2) is 41.3 Å². The lowest BCUT2D eigenvalue weighted by Crippen LogP contribution is -2.06. The standard InChI is InChI=1S/C12H7ClF3NO/c13-10-3-1-7(5-9(10)12(14,15)16)8-2-4-11(18)17-6-8/h1-6H,(H,17,18). The molecule has 1 aromatic heterocycles. The van der Waals surface area contributed by atoms with E-state index in [0.717, 1.165) is 6.07 Å². The number of hydrogen-bond acceptors (Lipinski definition) is 1. The van der Waals surface area contributed by atoms with Gasteiger partial charge in [0.25, 0.3) is 0 Å². The summed E-state index contributed by atoms with van der Waals surface area (Å²) in [6, 6.07) is 6.30. The number of hydrogen-bond donors (Lipinski definition) is 1. The Balaban J connectivity index is 2.54. The lowest BCUT2D eigenvalue weighted by atomic mass is 10.0. The minimum absolute atomic E-state index is 0.316. The van der Waals surface area contributed by atoms with E-state index in [1.165, 1.54) is 30.5 Å². The summed E-state index contributed by atoms with van der Waals surface area (Å²) in [6.45, 7) is 0. The van der Waals surface area contributed by atoms with Crippen LogP contribution in [0.5, 0.6) is 0 Å². The van der Waals surface area contributed by atoms with Crippen molar-refractivity contribution in [3.05, 3.63) is 57.5 Å². The van der Waals surface area contributed by atoms with Crippen molar-refractivity contribution in [2.45, 2.75) is 6.18 Å². The molecule has 0 spiro atoms. The van der Waals surface area contributed by atoms with Crippen molar-refractivity contribution in [2.75, 3.05) is 0 Å². The topological polar surface area (TPSA) is 32.9 Å². The normalized spacial score (nSPS) is 11.6. The monoisotopic (exact) mass is 273 g/mol. The fourth-order valence-corrected chi connectivity index (χ4v) is 1.74. The Labute approximate surface area is 105 Å². The third kappa shape index (κ3) is 2.56. The van der Waals surface area contributed by atoms with Crippen LogP contribution in [0.2, 0.25) is 5.02 Å². The molecular formula is C12H7ClF3NO. The van der Waals surface area contributed by atoms with Gasteiger partial charge in [0.2, 0.25) is 5.56 Å². The molecule has 2 nitrogen and oxygen atoms in total. The Morgan fingerprint density at radius 1 is 1.06 bits per heavy atom. The minimum Gasteiger partial charge on any atom is -0.328 e. The van der Waals surface area contributed by atoms with Gasteiger partial charge in [0.05, 0.1) is 10.6 Å². The molecule has 0 saturated carbocycles. The highest BCUT2D eigenvalue weighted by Gasteiger charge is 2.33. The molecule has 0 fully saturated rings. The zero-order chi connectivity index (χ0) is 13.3. The highest BCUT2D eigenvalue weighted by atomic mass is 35.5. The van der Waals surface area contributed by atoms with Crippen LogP contribution < -0.4 is 5.56 Å². The summed E-state index contributed by atoms with van der Waals surface area (Å²) in [5.41, 5.74) is -0.392. The van der Waals surface area contributed by atoms with Gasteiger partial charge in [0.1, 0.15) is 0 Å². The van der Waals surface area contributed by atoms with Gasteiger partial charge in [-0.05, 0) is 29.3 Å². The quantitative estimate of drug-likeness (QED) is 0.844. The van der Waals surface area contributed by atoms with Gasteiger partial charge < -0.3 is 4.98 Å². The second kappa shape index (κ2) is 4.49. The van der Waals surface area contributed by atoms with Crippen LogP contribution in [0, 0.1) is 0 Å². The van der Waals surface area contributed by atoms with Crippen LogP contribution in [-0.2, 0) is 6.18 Å². The molecule has 0 radical (unpaired) electrons. The molecule has 0 aliphatic rings. The first-order chi connectivity index (χ1) is 8.38. The van der Waals surface area contributed by atoms with Crippen LogP contribution in [0.25, 0.3) is 11.1 Å². The Morgan fingerprint density at radius 3 is 2.28 bits per heavy atom. The number of aromatic amines is 1. The Bertz CT molecular complexity index is 613. The zero-order valence-electron chi connectivity index (χ0n) is 8.88. The van der Waals surface area contributed by atoms with E-state index in [1.54, 1.807) is 0 Å². The number of alkyl halides is 3. The lowest BCUT2D eigenvalue weighted by molar-refractivity contribution is -0.137. The Kier molecular flexibility index (Phi) is 3.17. The average Bonchev–Trinajstić information content (AvgIpc) is 2.29. The second-order valence-corrected chi connectivity index (χ2v) is 4.04. The smallest absolute Gasteiger partial charge is 0.328 e. The molecule has 0 atom stereocenters. The Hall–Kier alpha value is -1.75. The molecule has 1 aromatic carbocycles. The lowest BCUT2D eigenvalue weighted by Gasteiger charge is -2.10. The minimum atomic E-state index is -4.50. The first-order valence-corrected chi connectivity index (χ1v) is 5.31. The van der Waals surface area contributed by atoms with Gasteiger partial charge in [-0.25, -0.2) is 0 Å². The van der Waals surface area contributed by atoms with Gasteiger partial charge in [-0.15, -0.1) is 0 Å². The van der Waals surface area contributed by atoms with Crippen LogP contribution in [-0.4, -0.2) is 4.98 Å². The maximum absolute atomic E-state index is 12.7. The zero-order valence-corrected chi connectivity index (χ0v) is 9.64. The summed E-state index contributed by atoms with van der Waals surface area (Å²) in [7, 11) is 0. The summed E-state index contributed by atoms with van der Waals surface area (Å²) < 4.78 is 38.0. The van der Waals surface area contributed by atoms with Gasteiger partial charge in [0.15, 0.2) is 0 Å². The van der Waals surface area contributed by atoms with Crippen molar-refractivity contribution in [1.82, 2.24) is 4.98 Å². The van der Waals surface area contributed by atoms with Gasteiger partial charge in [-0.2, -0.15) is 13.2 Å². The molecule has 0 bridgehead atoms. The van der Waals surface area contributed by atoms with Crippen LogP contribution in [0.4, 0.5) is 13.2 Å². The van der Waals surface area contributed by atoms with Gasteiger partial charge in [-0.1, -0.05) is 17.7 Å². The molecule has 2 rings (SSSR count). The number of halogens is 4. The van der Waals surface area contributed by atoms with E-state index in [9.17, 15) is 18.0 Å². The SMILES string of the molecule is O=c1ccc(-c2ccc(Cl)c(C(F)(F)F)c2)c[nH]1. The molecule has 1 N–H and O–H groups in total. The molecule has 0 aliphatic heterocycles. The number of nitrogens with one attached hydrogen (secondary N) is 1. The first-order valence-electron chi connectivity index (χ1n) is 4.94. The van der Waals surface area contributed by atoms with Crippen molar-refractivity contribution in [1.29, 1.82) is 0 Å². The summed E-state index contributed by atoms with van der Waals surface area (Å²) in [6.07, 6.45) is -3.15. The van der Waals surface area contributed by atoms with Gasteiger partial charge in [0, 0.05) is 12.3 Å². The molecular weight excluding hydrogens is 267 g/mol. The fourth-order valence-electron chi connectivity index (χ4n) is 1.51. The fraction of sp³-hybridized carbons (Fsp3) is 0.0833. The molecule has 0 aliphatic carbocycles. The molecule has 18 heavy (non-hydrogen) atoms. The second-order valence-electron chi connectivity index (χ2n) is 3.63. The molecule has 0 unspecified atom stereocenters. The highest BCUT2D eigenvalue weighted by molar-refractivity contribution is 6.31. The maximum atomic E-state index is 12.7. The first kappa shape index (κ1) is 12.7. The van der Waals surface area contributed by atoms with Crippen molar-refractivity contribution in [3.8, 4) is 11.1 Å². The van der Waals surface area contributed by atoms with Crippen molar-refractivity contribution < 1.29 is 13.2 Å². The number of rotatable bonds is 1. The van der Waals surface area contributed by atoms with E-state index < -0.39 is 11.7 Å². The van der Waals surface area contributed by atoms with E-state index >= 15 is 0 Å². The highest BCUT2D eigenvalue weighted by Crippen LogP contribution is 2.36. The summed E-state index contributed by atoms with van der Waals surface area (Å²) in [4.78, 5) is 13.3. The van der Waals surface area contributed by atoms with E-state index in [1.807, 2.05) is 0 Å². The van der Waals surface area contributed by atoms with Gasteiger partial charge >= 0.3 is 6.18 Å². The van der Waals surface area contributed by atoms with Crippen molar-refractivity contribution in [3.63, 3.8) is 0 Å². The number of H-pyrrole nitrogens is 1. The summed E-state index contributed by atoms with van der Waals surface area (Å²) in [5, 5.41) is -0.351. The predicted molar refractivity (Wildman–Crippen MR) is 62.5 cm³/mol. The molecule has 1 heterocycles. The van der Waals surface area contributed by atoms with E-state index in [0.29, 0.717) is 11.1 Å². The van der Waals surface area contributed by atoms with Gasteiger partial charge in [-0.3, -0.25) is 4.79 Å². The third-order valence-electron chi connectivity index (χ3n) is 2.39. The maximum Gasteiger partial charge on any atom is 0.417 e.